The molecule has 1 aromatic carbocycles. The van der Waals surface area contributed by atoms with E-state index in [0.717, 1.165) is 0 Å². The molecule has 1 aliphatic rings. The molecular formula is C15H20ClFN2O2. The second-order valence-electron chi connectivity index (χ2n) is 6.10. The molecule has 1 aromatic rings. The molecule has 1 amide bonds. The summed E-state index contributed by atoms with van der Waals surface area (Å²) in [7, 11) is 0. The molecule has 1 N–H and O–H groups in total. The van der Waals surface area contributed by atoms with Crippen molar-refractivity contribution in [1.29, 1.82) is 0 Å². The Hall–Kier alpha value is -1.33. The molecule has 0 radical (unpaired) electrons. The summed E-state index contributed by atoms with van der Waals surface area (Å²) in [6, 6.07) is 4.04. The zero-order chi connectivity index (χ0) is 15.6. The standard InChI is InChI=1S/C15H20ClFN2O2/c1-15(2,3)21-14(20)19-5-4-18-9-13(19)10-6-11(16)8-12(17)7-10/h6-8,13,18H,4-5,9H2,1-3H3. The highest BCUT2D eigenvalue weighted by atomic mass is 35.5. The van der Waals surface area contributed by atoms with Crippen LogP contribution >= 0.6 is 11.6 Å². The maximum atomic E-state index is 13.5. The first-order valence-electron chi connectivity index (χ1n) is 6.92. The molecule has 1 aliphatic heterocycles. The number of nitrogens with one attached hydrogen (secondary N) is 1. The van der Waals surface area contributed by atoms with Crippen LogP contribution in [0.1, 0.15) is 32.4 Å². The van der Waals surface area contributed by atoms with Gasteiger partial charge in [0.2, 0.25) is 0 Å². The number of piperazine rings is 1. The second kappa shape index (κ2) is 6.20. The van der Waals surface area contributed by atoms with Crippen LogP contribution in [0.5, 0.6) is 0 Å². The van der Waals surface area contributed by atoms with Crippen LogP contribution < -0.4 is 5.32 Å². The van der Waals surface area contributed by atoms with Crippen molar-refractivity contribution in [2.45, 2.75) is 32.4 Å². The van der Waals surface area contributed by atoms with E-state index in [9.17, 15) is 9.18 Å². The van der Waals surface area contributed by atoms with E-state index in [0.29, 0.717) is 30.2 Å². The zero-order valence-corrected chi connectivity index (χ0v) is 13.2. The average molecular weight is 315 g/mol. The lowest BCUT2D eigenvalue weighted by Crippen LogP contribution is -2.50. The van der Waals surface area contributed by atoms with Crippen molar-refractivity contribution in [2.75, 3.05) is 19.6 Å². The fourth-order valence-corrected chi connectivity index (χ4v) is 2.54. The van der Waals surface area contributed by atoms with E-state index in [1.54, 1.807) is 11.0 Å². The number of hydrogen-bond acceptors (Lipinski definition) is 3. The number of nitrogens with zero attached hydrogens (tertiary/aromatic N) is 1. The smallest absolute Gasteiger partial charge is 0.410 e. The van der Waals surface area contributed by atoms with Crippen molar-refractivity contribution in [3.8, 4) is 0 Å². The lowest BCUT2D eigenvalue weighted by atomic mass is 10.0. The van der Waals surface area contributed by atoms with E-state index < -0.39 is 17.5 Å². The second-order valence-corrected chi connectivity index (χ2v) is 6.53. The van der Waals surface area contributed by atoms with Crippen molar-refractivity contribution >= 4 is 17.7 Å². The van der Waals surface area contributed by atoms with E-state index in [1.165, 1.54) is 12.1 Å². The molecular weight excluding hydrogens is 295 g/mol. The van der Waals surface area contributed by atoms with E-state index in [2.05, 4.69) is 5.32 Å². The first-order valence-corrected chi connectivity index (χ1v) is 7.30. The van der Waals surface area contributed by atoms with E-state index in [1.807, 2.05) is 20.8 Å². The van der Waals surface area contributed by atoms with Crippen molar-refractivity contribution < 1.29 is 13.9 Å². The molecule has 116 valence electrons. The Bertz CT molecular complexity index is 511. The van der Waals surface area contributed by atoms with Gasteiger partial charge in [-0.1, -0.05) is 11.6 Å². The number of carbonyl (C=O) groups excluding carboxylic acids is 1. The molecule has 0 spiro atoms. The molecule has 1 atom stereocenters. The van der Waals surface area contributed by atoms with Gasteiger partial charge in [-0.15, -0.1) is 0 Å². The van der Waals surface area contributed by atoms with Gasteiger partial charge in [-0.2, -0.15) is 0 Å². The molecule has 1 unspecified atom stereocenters. The van der Waals surface area contributed by atoms with Gasteiger partial charge in [0.15, 0.2) is 0 Å². The fourth-order valence-electron chi connectivity index (χ4n) is 2.31. The summed E-state index contributed by atoms with van der Waals surface area (Å²) in [4.78, 5) is 13.9. The summed E-state index contributed by atoms with van der Waals surface area (Å²) in [6.45, 7) is 7.19. The molecule has 0 aromatic heterocycles. The third-order valence-electron chi connectivity index (χ3n) is 3.14. The molecule has 2 rings (SSSR count). The maximum absolute atomic E-state index is 13.5. The summed E-state index contributed by atoms with van der Waals surface area (Å²) < 4.78 is 19.0. The summed E-state index contributed by atoms with van der Waals surface area (Å²) >= 11 is 5.91. The normalized spacial score (nSPS) is 19.5. The van der Waals surface area contributed by atoms with Crippen molar-refractivity contribution in [2.24, 2.45) is 0 Å². The number of halogens is 2. The summed E-state index contributed by atoms with van der Waals surface area (Å²) in [6.07, 6.45) is -0.394. The summed E-state index contributed by atoms with van der Waals surface area (Å²) in [5.41, 5.74) is 0.101. The Kier molecular flexibility index (Phi) is 4.74. The van der Waals surface area contributed by atoms with Crippen LogP contribution in [0.4, 0.5) is 9.18 Å². The molecule has 21 heavy (non-hydrogen) atoms. The van der Waals surface area contributed by atoms with Crippen LogP contribution in [0.2, 0.25) is 5.02 Å². The van der Waals surface area contributed by atoms with E-state index in [4.69, 9.17) is 16.3 Å². The molecule has 0 saturated carbocycles. The van der Waals surface area contributed by atoms with Gasteiger partial charge in [0.05, 0.1) is 6.04 Å². The highest BCUT2D eigenvalue weighted by Crippen LogP contribution is 2.27. The number of carbonyl (C=O) groups is 1. The predicted molar refractivity (Wildman–Crippen MR) is 80.0 cm³/mol. The summed E-state index contributed by atoms with van der Waals surface area (Å²) in [5.74, 6) is -0.410. The van der Waals surface area contributed by atoms with Gasteiger partial charge in [0, 0.05) is 24.7 Å². The Morgan fingerprint density at radius 2 is 2.14 bits per heavy atom. The van der Waals surface area contributed by atoms with Crippen LogP contribution in [0, 0.1) is 5.82 Å². The Labute approximate surface area is 129 Å². The lowest BCUT2D eigenvalue weighted by molar-refractivity contribution is 0.0117. The van der Waals surface area contributed by atoms with Crippen LogP contribution in [-0.4, -0.2) is 36.2 Å². The number of rotatable bonds is 1. The lowest BCUT2D eigenvalue weighted by Gasteiger charge is -2.37. The Balaban J connectivity index is 2.24. The van der Waals surface area contributed by atoms with Crippen molar-refractivity contribution in [3.63, 3.8) is 0 Å². The highest BCUT2D eigenvalue weighted by Gasteiger charge is 2.31. The Morgan fingerprint density at radius 3 is 2.76 bits per heavy atom. The monoisotopic (exact) mass is 314 g/mol. The zero-order valence-electron chi connectivity index (χ0n) is 12.5. The van der Waals surface area contributed by atoms with Gasteiger partial charge < -0.3 is 10.1 Å². The quantitative estimate of drug-likeness (QED) is 0.864. The number of ether oxygens (including phenoxy) is 1. The third kappa shape index (κ3) is 4.32. The van der Waals surface area contributed by atoms with E-state index >= 15 is 0 Å². The SMILES string of the molecule is CC(C)(C)OC(=O)N1CCNCC1c1cc(F)cc(Cl)c1. The molecule has 4 nitrogen and oxygen atoms in total. The first-order chi connectivity index (χ1) is 9.76. The molecule has 0 aliphatic carbocycles. The minimum Gasteiger partial charge on any atom is -0.444 e. The van der Waals surface area contributed by atoms with Gasteiger partial charge in [-0.05, 0) is 44.5 Å². The number of amides is 1. The molecule has 1 saturated heterocycles. The Morgan fingerprint density at radius 1 is 1.43 bits per heavy atom. The van der Waals surface area contributed by atoms with Crippen molar-refractivity contribution in [1.82, 2.24) is 10.2 Å². The molecule has 0 bridgehead atoms. The van der Waals surface area contributed by atoms with E-state index in [-0.39, 0.29) is 6.04 Å². The maximum Gasteiger partial charge on any atom is 0.410 e. The van der Waals surface area contributed by atoms with Gasteiger partial charge in [-0.25, -0.2) is 9.18 Å². The van der Waals surface area contributed by atoms with Crippen molar-refractivity contribution in [3.05, 3.63) is 34.6 Å². The van der Waals surface area contributed by atoms with Gasteiger partial charge in [0.1, 0.15) is 11.4 Å². The predicted octanol–water partition coefficient (Wildman–Crippen LogP) is 3.36. The average Bonchev–Trinajstić information content (AvgIpc) is 2.35. The van der Waals surface area contributed by atoms with Crippen LogP contribution in [0.15, 0.2) is 18.2 Å². The first kappa shape index (κ1) is 16.0. The minimum atomic E-state index is -0.563. The van der Waals surface area contributed by atoms with Gasteiger partial charge in [-0.3, -0.25) is 4.90 Å². The number of hydrogen-bond donors (Lipinski definition) is 1. The van der Waals surface area contributed by atoms with Crippen LogP contribution in [0.3, 0.4) is 0 Å². The van der Waals surface area contributed by atoms with Crippen LogP contribution in [0.25, 0.3) is 0 Å². The highest BCUT2D eigenvalue weighted by molar-refractivity contribution is 6.30. The number of benzene rings is 1. The molecule has 6 heteroatoms. The summed E-state index contributed by atoms with van der Waals surface area (Å²) in [5, 5.41) is 3.52. The van der Waals surface area contributed by atoms with Gasteiger partial charge in [0.25, 0.3) is 0 Å². The van der Waals surface area contributed by atoms with Crippen LogP contribution in [-0.2, 0) is 4.74 Å². The topological polar surface area (TPSA) is 41.6 Å². The molecule has 1 heterocycles. The molecule has 1 fully saturated rings. The van der Waals surface area contributed by atoms with Gasteiger partial charge >= 0.3 is 6.09 Å². The third-order valence-corrected chi connectivity index (χ3v) is 3.36. The largest absolute Gasteiger partial charge is 0.444 e. The fraction of sp³-hybridized carbons (Fsp3) is 0.533. The minimum absolute atomic E-state index is 0.290.